The summed E-state index contributed by atoms with van der Waals surface area (Å²) in [5.41, 5.74) is 7.51. The first kappa shape index (κ1) is 22.5. The molecule has 7 nitrogen and oxygen atoms in total. The third-order valence-electron chi connectivity index (χ3n) is 3.71. The number of benzene rings is 1. The Balaban J connectivity index is 0.00000163. The third-order valence-corrected chi connectivity index (χ3v) is 3.71. The minimum absolute atomic E-state index is 0.00429. The van der Waals surface area contributed by atoms with Gasteiger partial charge in [0.15, 0.2) is 17.8 Å². The summed E-state index contributed by atoms with van der Waals surface area (Å²) in [6, 6.07) is 3.55. The molecule has 0 saturated carbocycles. The lowest BCUT2D eigenvalue weighted by molar-refractivity contribution is -0.168. The van der Waals surface area contributed by atoms with E-state index in [9.17, 15) is 0 Å². The van der Waals surface area contributed by atoms with Crippen molar-refractivity contribution in [1.29, 1.82) is 0 Å². The molecule has 3 N–H and O–H groups in total. The summed E-state index contributed by atoms with van der Waals surface area (Å²) < 4.78 is 27.5. The molecule has 1 aliphatic heterocycles. The van der Waals surface area contributed by atoms with Gasteiger partial charge < -0.3 is 34.5 Å². The monoisotopic (exact) mass is 371 g/mol. The predicted octanol–water partition coefficient (Wildman–Crippen LogP) is 2.73. The topological polar surface area (TPSA) is 92.4 Å². The Bertz CT molecular complexity index is 491. The fourth-order valence-electron chi connectivity index (χ4n) is 2.42. The van der Waals surface area contributed by atoms with Gasteiger partial charge in [-0.3, -0.25) is 0 Å². The van der Waals surface area contributed by atoms with Crippen LogP contribution in [0.2, 0.25) is 0 Å². The number of aliphatic hydroxyl groups is 1. The van der Waals surface area contributed by atoms with Crippen molar-refractivity contribution in [1.82, 2.24) is 0 Å². The first-order chi connectivity index (χ1) is 12.7. The van der Waals surface area contributed by atoms with E-state index >= 15 is 0 Å². The Morgan fingerprint density at radius 2 is 1.96 bits per heavy atom. The van der Waals surface area contributed by atoms with Gasteiger partial charge in [0.1, 0.15) is 6.61 Å². The van der Waals surface area contributed by atoms with E-state index in [1.165, 1.54) is 0 Å². The standard InChI is InChI=1S/C17H27NO6.C2H6/c1-20-15-10-13(12-24-17-4-2-3-6-23-17)14(18)11-16(15)22-9-8-21-7-5-19;1-2/h10-11,17,19H,2-9,12,18H2,1H3;1-2H3. The average molecular weight is 371 g/mol. The van der Waals surface area contributed by atoms with Gasteiger partial charge in [-0.15, -0.1) is 0 Å². The van der Waals surface area contributed by atoms with Gasteiger partial charge in [0.2, 0.25) is 0 Å². The van der Waals surface area contributed by atoms with Crippen molar-refractivity contribution in [2.45, 2.75) is 46.0 Å². The summed E-state index contributed by atoms with van der Waals surface area (Å²) in [4.78, 5) is 0. The Kier molecular flexibility index (Phi) is 11.8. The van der Waals surface area contributed by atoms with Gasteiger partial charge in [0.25, 0.3) is 0 Å². The molecule has 0 aliphatic carbocycles. The third kappa shape index (κ3) is 7.78. The quantitative estimate of drug-likeness (QED) is 0.482. The number of ether oxygens (including phenoxy) is 5. The van der Waals surface area contributed by atoms with Crippen molar-refractivity contribution < 1.29 is 28.8 Å². The van der Waals surface area contributed by atoms with Crippen molar-refractivity contribution in [2.24, 2.45) is 0 Å². The summed E-state index contributed by atoms with van der Waals surface area (Å²) in [6.07, 6.45) is 2.95. The second-order valence-corrected chi connectivity index (χ2v) is 5.49. The largest absolute Gasteiger partial charge is 0.493 e. The molecule has 0 radical (unpaired) electrons. The summed E-state index contributed by atoms with van der Waals surface area (Å²) >= 11 is 0. The lowest BCUT2D eigenvalue weighted by Gasteiger charge is -2.23. The Morgan fingerprint density at radius 1 is 1.15 bits per heavy atom. The molecule has 0 amide bonds. The molecule has 1 fully saturated rings. The summed E-state index contributed by atoms with van der Waals surface area (Å²) in [6.45, 7) is 6.13. The molecule has 1 aromatic carbocycles. The van der Waals surface area contributed by atoms with Crippen LogP contribution in [0.1, 0.15) is 38.7 Å². The molecule has 1 aromatic rings. The fourth-order valence-corrected chi connectivity index (χ4v) is 2.42. The van der Waals surface area contributed by atoms with E-state index in [2.05, 4.69) is 0 Å². The van der Waals surface area contributed by atoms with Crippen LogP contribution in [0.25, 0.3) is 0 Å². The molecule has 2 rings (SSSR count). The van der Waals surface area contributed by atoms with E-state index in [1.807, 2.05) is 19.9 Å². The van der Waals surface area contributed by atoms with Crippen LogP contribution in [-0.2, 0) is 20.8 Å². The molecule has 1 saturated heterocycles. The number of nitrogen functional groups attached to an aromatic ring is 1. The van der Waals surface area contributed by atoms with E-state index in [0.29, 0.717) is 43.6 Å². The molecular formula is C19H33NO6. The van der Waals surface area contributed by atoms with Gasteiger partial charge in [0, 0.05) is 23.9 Å². The molecule has 0 aromatic heterocycles. The van der Waals surface area contributed by atoms with E-state index in [0.717, 1.165) is 31.4 Å². The minimum atomic E-state index is -0.163. The van der Waals surface area contributed by atoms with E-state index in [1.54, 1.807) is 13.2 Å². The number of rotatable bonds is 10. The zero-order valence-electron chi connectivity index (χ0n) is 16.2. The first-order valence-electron chi connectivity index (χ1n) is 9.25. The maximum Gasteiger partial charge on any atom is 0.163 e. The molecule has 150 valence electrons. The number of hydrogen-bond acceptors (Lipinski definition) is 7. The SMILES string of the molecule is CC.COc1cc(COC2CCCCO2)c(N)cc1OCCOCCO. The molecule has 1 heterocycles. The highest BCUT2D eigenvalue weighted by molar-refractivity contribution is 5.57. The molecule has 1 atom stereocenters. The Morgan fingerprint density at radius 3 is 2.62 bits per heavy atom. The van der Waals surface area contributed by atoms with Crippen LogP contribution < -0.4 is 15.2 Å². The maximum absolute atomic E-state index is 8.65. The highest BCUT2D eigenvalue weighted by Crippen LogP contribution is 2.33. The second kappa shape index (κ2) is 13.6. The van der Waals surface area contributed by atoms with Crippen molar-refractivity contribution >= 4 is 5.69 Å². The smallest absolute Gasteiger partial charge is 0.163 e. The van der Waals surface area contributed by atoms with Crippen LogP contribution in [0, 0.1) is 0 Å². The van der Waals surface area contributed by atoms with Gasteiger partial charge in [-0.05, 0) is 25.3 Å². The van der Waals surface area contributed by atoms with Crippen LogP contribution in [0.5, 0.6) is 11.5 Å². The molecule has 1 aliphatic rings. The fraction of sp³-hybridized carbons (Fsp3) is 0.684. The summed E-state index contributed by atoms with van der Waals surface area (Å²) in [7, 11) is 1.58. The van der Waals surface area contributed by atoms with Gasteiger partial charge in [0.05, 0.1) is 33.5 Å². The van der Waals surface area contributed by atoms with Gasteiger partial charge in [-0.1, -0.05) is 13.8 Å². The average Bonchev–Trinajstić information content (AvgIpc) is 2.69. The summed E-state index contributed by atoms with van der Waals surface area (Å²) in [5.74, 6) is 1.15. The molecule has 0 spiro atoms. The number of anilines is 1. The Labute approximate surface area is 156 Å². The van der Waals surface area contributed by atoms with Crippen LogP contribution >= 0.6 is 0 Å². The normalized spacial score (nSPS) is 16.5. The number of hydrogen-bond donors (Lipinski definition) is 2. The van der Waals surface area contributed by atoms with Crippen LogP contribution in [0.15, 0.2) is 12.1 Å². The van der Waals surface area contributed by atoms with Gasteiger partial charge in [-0.2, -0.15) is 0 Å². The zero-order valence-corrected chi connectivity index (χ0v) is 16.2. The van der Waals surface area contributed by atoms with Crippen molar-refractivity contribution in [3.05, 3.63) is 17.7 Å². The van der Waals surface area contributed by atoms with E-state index < -0.39 is 0 Å². The zero-order chi connectivity index (χ0) is 19.2. The maximum atomic E-state index is 8.65. The molecule has 7 heteroatoms. The molecule has 1 unspecified atom stereocenters. The molecule has 0 bridgehead atoms. The highest BCUT2D eigenvalue weighted by Gasteiger charge is 2.16. The summed E-state index contributed by atoms with van der Waals surface area (Å²) in [5, 5.41) is 8.65. The second-order valence-electron chi connectivity index (χ2n) is 5.49. The van der Waals surface area contributed by atoms with Crippen molar-refractivity contribution in [2.75, 3.05) is 45.9 Å². The van der Waals surface area contributed by atoms with Crippen molar-refractivity contribution in [3.63, 3.8) is 0 Å². The highest BCUT2D eigenvalue weighted by atomic mass is 16.7. The number of methoxy groups -OCH3 is 1. The lowest BCUT2D eigenvalue weighted by atomic mass is 10.1. The first-order valence-corrected chi connectivity index (χ1v) is 9.25. The number of nitrogens with two attached hydrogens (primary N) is 1. The van der Waals surface area contributed by atoms with Gasteiger partial charge >= 0.3 is 0 Å². The Hall–Kier alpha value is -1.54. The van der Waals surface area contributed by atoms with E-state index in [-0.39, 0.29) is 12.9 Å². The van der Waals surface area contributed by atoms with Crippen molar-refractivity contribution in [3.8, 4) is 11.5 Å². The minimum Gasteiger partial charge on any atom is -0.493 e. The lowest BCUT2D eigenvalue weighted by Crippen LogP contribution is -2.22. The van der Waals surface area contributed by atoms with Crippen LogP contribution in [-0.4, -0.2) is 51.5 Å². The van der Waals surface area contributed by atoms with Gasteiger partial charge in [-0.25, -0.2) is 0 Å². The van der Waals surface area contributed by atoms with Crippen LogP contribution in [0.3, 0.4) is 0 Å². The van der Waals surface area contributed by atoms with Crippen LogP contribution in [0.4, 0.5) is 5.69 Å². The predicted molar refractivity (Wildman–Crippen MR) is 101 cm³/mol. The number of aliphatic hydroxyl groups excluding tert-OH is 1. The molecular weight excluding hydrogens is 338 g/mol. The molecule has 26 heavy (non-hydrogen) atoms. The van der Waals surface area contributed by atoms with E-state index in [4.69, 9.17) is 34.5 Å².